The summed E-state index contributed by atoms with van der Waals surface area (Å²) in [4.78, 5) is 40.2. The van der Waals surface area contributed by atoms with Crippen molar-refractivity contribution in [1.29, 1.82) is 0 Å². The number of likely N-dealkylation sites (tertiary alicyclic amines) is 2. The highest BCUT2D eigenvalue weighted by molar-refractivity contribution is 5.83. The molecule has 1 aromatic heterocycles. The quantitative estimate of drug-likeness (QED) is 0.722. The van der Waals surface area contributed by atoms with Crippen LogP contribution in [0.3, 0.4) is 0 Å². The first kappa shape index (κ1) is 21.3. The van der Waals surface area contributed by atoms with Gasteiger partial charge in [-0.3, -0.25) is 19.5 Å². The molecule has 1 aromatic rings. The van der Waals surface area contributed by atoms with Crippen LogP contribution in [0, 0.1) is 5.92 Å². The van der Waals surface area contributed by atoms with Gasteiger partial charge < -0.3 is 15.1 Å². The number of rotatable bonds is 7. The second kappa shape index (κ2) is 8.97. The third-order valence-corrected chi connectivity index (χ3v) is 5.75. The number of carbonyl (C=O) groups excluding carboxylic acids is 3. The van der Waals surface area contributed by atoms with Crippen LogP contribution in [0.4, 0.5) is 0 Å². The second-order valence-corrected chi connectivity index (χ2v) is 9.16. The smallest absolute Gasteiger partial charge is 0.225 e. The summed E-state index contributed by atoms with van der Waals surface area (Å²) in [7, 11) is 0. The van der Waals surface area contributed by atoms with Crippen LogP contribution >= 0.6 is 0 Å². The molecule has 3 rings (SSSR count). The van der Waals surface area contributed by atoms with E-state index in [1.807, 2.05) is 11.0 Å². The monoisotopic (exact) mass is 403 g/mol. The highest BCUT2D eigenvalue weighted by atomic mass is 16.2. The van der Waals surface area contributed by atoms with Crippen molar-refractivity contribution in [2.24, 2.45) is 5.92 Å². The Hall–Kier alpha value is -2.38. The predicted molar refractivity (Wildman–Crippen MR) is 109 cm³/mol. The lowest BCUT2D eigenvalue weighted by atomic mass is 9.92. The lowest BCUT2D eigenvalue weighted by Gasteiger charge is -2.32. The van der Waals surface area contributed by atoms with Crippen molar-refractivity contribution in [1.82, 2.24) is 25.3 Å². The fourth-order valence-electron chi connectivity index (χ4n) is 3.90. The minimum atomic E-state index is -0.189. The van der Waals surface area contributed by atoms with E-state index in [4.69, 9.17) is 0 Å². The molecule has 8 nitrogen and oxygen atoms in total. The van der Waals surface area contributed by atoms with Crippen molar-refractivity contribution >= 4 is 17.7 Å². The van der Waals surface area contributed by atoms with Crippen LogP contribution in [-0.4, -0.2) is 63.9 Å². The van der Waals surface area contributed by atoms with E-state index in [2.05, 4.69) is 36.3 Å². The minimum Gasteiger partial charge on any atom is -0.350 e. The van der Waals surface area contributed by atoms with E-state index in [9.17, 15) is 14.4 Å². The molecular weight excluding hydrogens is 370 g/mol. The minimum absolute atomic E-state index is 0.0240. The normalized spacial score (nSPS) is 20.4. The molecule has 0 bridgehead atoms. The fraction of sp³-hybridized carbons (Fsp3) is 0.714. The summed E-state index contributed by atoms with van der Waals surface area (Å²) in [5.74, 6) is 0.0982. The first-order valence-electron chi connectivity index (χ1n) is 10.6. The first-order chi connectivity index (χ1) is 13.7. The molecule has 0 aromatic carbocycles. The van der Waals surface area contributed by atoms with Gasteiger partial charge in [0.05, 0.1) is 23.9 Å². The Balaban J connectivity index is 1.45. The van der Waals surface area contributed by atoms with E-state index >= 15 is 0 Å². The standard InChI is InChI=1S/C21H33N5O3/c1-21(2,3)17-12-16(23-24-17)13-22-20(29)15-7-8-19(28)26(14-15)11-5-10-25-9-4-6-18(25)27/h12,15H,4-11,13-14H2,1-3H3,(H,22,29)(H,23,24)/t15-/m1/s1. The van der Waals surface area contributed by atoms with E-state index in [0.717, 1.165) is 30.8 Å². The number of H-pyrrole nitrogens is 1. The molecule has 1 atom stereocenters. The Morgan fingerprint density at radius 1 is 1.21 bits per heavy atom. The van der Waals surface area contributed by atoms with Crippen LogP contribution in [0.5, 0.6) is 0 Å². The summed E-state index contributed by atoms with van der Waals surface area (Å²) in [6.45, 7) is 9.26. The third kappa shape index (κ3) is 5.58. The van der Waals surface area contributed by atoms with E-state index in [-0.39, 0.29) is 29.1 Å². The zero-order valence-electron chi connectivity index (χ0n) is 17.8. The lowest BCUT2D eigenvalue weighted by Crippen LogP contribution is -2.46. The first-order valence-corrected chi connectivity index (χ1v) is 10.6. The molecule has 0 radical (unpaired) electrons. The van der Waals surface area contributed by atoms with Crippen LogP contribution in [0.15, 0.2) is 6.07 Å². The number of piperidine rings is 1. The van der Waals surface area contributed by atoms with Gasteiger partial charge in [0, 0.05) is 44.4 Å². The number of aromatic nitrogens is 2. The SMILES string of the molecule is CC(C)(C)c1cc(CNC(=O)[C@@H]2CCC(=O)N(CCCN3CCCC3=O)C2)[nH]n1. The average Bonchev–Trinajstić information content (AvgIpc) is 3.30. The lowest BCUT2D eigenvalue weighted by molar-refractivity contribution is -0.138. The molecule has 2 N–H and O–H groups in total. The van der Waals surface area contributed by atoms with E-state index in [0.29, 0.717) is 45.4 Å². The van der Waals surface area contributed by atoms with Crippen LogP contribution in [-0.2, 0) is 26.3 Å². The maximum atomic E-state index is 12.6. The average molecular weight is 404 g/mol. The van der Waals surface area contributed by atoms with Gasteiger partial charge in [0.15, 0.2) is 0 Å². The Labute approximate surface area is 172 Å². The van der Waals surface area contributed by atoms with Gasteiger partial charge in [0.1, 0.15) is 0 Å². The molecular formula is C21H33N5O3. The molecule has 0 saturated carbocycles. The molecule has 0 unspecified atom stereocenters. The predicted octanol–water partition coefficient (Wildman–Crippen LogP) is 1.57. The van der Waals surface area contributed by atoms with Crippen molar-refractivity contribution < 1.29 is 14.4 Å². The van der Waals surface area contributed by atoms with Crippen molar-refractivity contribution in [3.63, 3.8) is 0 Å². The number of hydrogen-bond donors (Lipinski definition) is 2. The number of hydrogen-bond acceptors (Lipinski definition) is 4. The van der Waals surface area contributed by atoms with Crippen molar-refractivity contribution in [2.45, 2.75) is 64.8 Å². The molecule has 160 valence electrons. The Morgan fingerprint density at radius 3 is 2.59 bits per heavy atom. The van der Waals surface area contributed by atoms with Gasteiger partial charge in [-0.05, 0) is 25.3 Å². The van der Waals surface area contributed by atoms with Crippen molar-refractivity contribution in [2.75, 3.05) is 26.2 Å². The largest absolute Gasteiger partial charge is 0.350 e. The van der Waals surface area contributed by atoms with Gasteiger partial charge in [-0.15, -0.1) is 0 Å². The molecule has 0 aliphatic carbocycles. The van der Waals surface area contributed by atoms with Crippen LogP contribution in [0.25, 0.3) is 0 Å². The highest BCUT2D eigenvalue weighted by Gasteiger charge is 2.30. The van der Waals surface area contributed by atoms with Gasteiger partial charge in [-0.25, -0.2) is 0 Å². The van der Waals surface area contributed by atoms with Crippen molar-refractivity contribution in [3.8, 4) is 0 Å². The summed E-state index contributed by atoms with van der Waals surface area (Å²) in [5.41, 5.74) is 1.80. The topological polar surface area (TPSA) is 98.4 Å². The molecule has 2 fully saturated rings. The molecule has 3 heterocycles. The second-order valence-electron chi connectivity index (χ2n) is 9.16. The Kier molecular flexibility index (Phi) is 6.59. The van der Waals surface area contributed by atoms with Gasteiger partial charge in [0.2, 0.25) is 17.7 Å². The van der Waals surface area contributed by atoms with Crippen LogP contribution in [0.2, 0.25) is 0 Å². The summed E-state index contributed by atoms with van der Waals surface area (Å²) >= 11 is 0. The van der Waals surface area contributed by atoms with Crippen molar-refractivity contribution in [3.05, 3.63) is 17.5 Å². The third-order valence-electron chi connectivity index (χ3n) is 5.75. The van der Waals surface area contributed by atoms with Gasteiger partial charge >= 0.3 is 0 Å². The Morgan fingerprint density at radius 2 is 1.93 bits per heavy atom. The van der Waals surface area contributed by atoms with Crippen LogP contribution in [0.1, 0.15) is 64.3 Å². The van der Waals surface area contributed by atoms with Gasteiger partial charge in [-0.2, -0.15) is 5.10 Å². The molecule has 0 spiro atoms. The highest BCUT2D eigenvalue weighted by Crippen LogP contribution is 2.21. The zero-order valence-corrected chi connectivity index (χ0v) is 17.8. The number of amides is 3. The molecule has 3 amide bonds. The van der Waals surface area contributed by atoms with Gasteiger partial charge in [0.25, 0.3) is 0 Å². The Bertz CT molecular complexity index is 752. The molecule has 2 saturated heterocycles. The number of nitrogens with one attached hydrogen (secondary N) is 2. The molecule has 2 aliphatic rings. The molecule has 2 aliphatic heterocycles. The number of aromatic amines is 1. The van der Waals surface area contributed by atoms with E-state index in [1.54, 1.807) is 4.90 Å². The summed E-state index contributed by atoms with van der Waals surface area (Å²) < 4.78 is 0. The van der Waals surface area contributed by atoms with E-state index in [1.165, 1.54) is 0 Å². The van der Waals surface area contributed by atoms with Gasteiger partial charge in [-0.1, -0.05) is 20.8 Å². The van der Waals surface area contributed by atoms with Crippen LogP contribution < -0.4 is 5.32 Å². The maximum Gasteiger partial charge on any atom is 0.225 e. The summed E-state index contributed by atoms with van der Waals surface area (Å²) in [6, 6.07) is 1.98. The zero-order chi connectivity index (χ0) is 21.0. The molecule has 8 heteroatoms. The van der Waals surface area contributed by atoms with E-state index < -0.39 is 0 Å². The molecule has 29 heavy (non-hydrogen) atoms. The fourth-order valence-corrected chi connectivity index (χ4v) is 3.90. The summed E-state index contributed by atoms with van der Waals surface area (Å²) in [6.07, 6.45) is 3.31. The number of carbonyl (C=O) groups is 3. The maximum absolute atomic E-state index is 12.6. The number of nitrogens with zero attached hydrogens (tertiary/aromatic N) is 3. The summed E-state index contributed by atoms with van der Waals surface area (Å²) in [5, 5.41) is 10.3.